The first kappa shape index (κ1) is 33.8. The number of nitro benzene ring substituents is 4. The zero-order chi connectivity index (χ0) is 35.6. The monoisotopic (exact) mass is 670 g/mol. The van der Waals surface area contributed by atoms with E-state index in [0.717, 1.165) is 61.1 Å². The van der Waals surface area contributed by atoms with E-state index in [1.165, 1.54) is 0 Å². The van der Waals surface area contributed by atoms with Gasteiger partial charge in [0, 0.05) is 17.5 Å². The molecule has 0 spiro atoms. The predicted octanol–water partition coefficient (Wildman–Crippen LogP) is 7.23. The van der Waals surface area contributed by atoms with E-state index in [-0.39, 0.29) is 11.5 Å². The van der Waals surface area contributed by atoms with E-state index >= 15 is 0 Å². The Labute approximate surface area is 276 Å². The van der Waals surface area contributed by atoms with E-state index in [1.807, 2.05) is 12.1 Å². The summed E-state index contributed by atoms with van der Waals surface area (Å²) in [6.45, 7) is 3.42. The van der Waals surface area contributed by atoms with Gasteiger partial charge in [-0.15, -0.1) is 0 Å². The van der Waals surface area contributed by atoms with Crippen LogP contribution in [0.3, 0.4) is 0 Å². The first-order chi connectivity index (χ1) is 23.2. The molecule has 49 heavy (non-hydrogen) atoms. The minimum Gasteiger partial charge on any atom is -0.422 e. The van der Waals surface area contributed by atoms with Gasteiger partial charge in [-0.2, -0.15) is 0 Å². The molecule has 1 fully saturated rings. The minimum absolute atomic E-state index is 0.147. The van der Waals surface area contributed by atoms with E-state index in [1.54, 1.807) is 38.1 Å². The van der Waals surface area contributed by atoms with Gasteiger partial charge in [-0.3, -0.25) is 40.5 Å². The van der Waals surface area contributed by atoms with Crippen molar-refractivity contribution in [1.82, 2.24) is 0 Å². The number of nitro groups is 4. The Morgan fingerprint density at radius 2 is 0.959 bits per heavy atom. The number of aryl methyl sites for hydroxylation is 2. The molecule has 0 amide bonds. The van der Waals surface area contributed by atoms with Crippen molar-refractivity contribution < 1.29 is 38.8 Å². The number of non-ortho nitro benzene ring substituents is 2. The second kappa shape index (κ2) is 13.3. The van der Waals surface area contributed by atoms with Crippen LogP contribution in [0.2, 0.25) is 0 Å². The third-order valence-electron chi connectivity index (χ3n) is 8.53. The summed E-state index contributed by atoms with van der Waals surface area (Å²) >= 11 is 0. The van der Waals surface area contributed by atoms with Crippen LogP contribution in [0.5, 0.6) is 11.5 Å². The standard InChI is InChI=1S/C33H26N4O12/c1-19-15-21(5-11-29(19)48-31(38)25-9-7-23(34(40)41)17-27(25)36(44)45)33(13-3-4-14-33)22-6-12-30(20(2)16-22)49-32(39)26-10-8-24(35(42)43)18-28(26)37(46)47/h5-12,15-18H,3-4,13-14H2,1-2H3. The van der Waals surface area contributed by atoms with Crippen molar-refractivity contribution in [3.05, 3.63) is 147 Å². The first-order valence-electron chi connectivity index (χ1n) is 14.7. The molecule has 4 aromatic carbocycles. The molecule has 0 aliphatic heterocycles. The van der Waals surface area contributed by atoms with Gasteiger partial charge in [0.25, 0.3) is 22.7 Å². The molecule has 0 aromatic heterocycles. The molecule has 1 aliphatic rings. The molecule has 0 atom stereocenters. The molecule has 1 aliphatic carbocycles. The fraction of sp³-hybridized carbons (Fsp3) is 0.212. The fourth-order valence-electron chi connectivity index (χ4n) is 6.07. The summed E-state index contributed by atoms with van der Waals surface area (Å²) in [5, 5.41) is 45.2. The summed E-state index contributed by atoms with van der Waals surface area (Å²) in [5.74, 6) is -1.80. The molecular weight excluding hydrogens is 644 g/mol. The Balaban J connectivity index is 1.40. The predicted molar refractivity (Wildman–Crippen MR) is 171 cm³/mol. The first-order valence-corrected chi connectivity index (χ1v) is 14.7. The molecule has 1 saturated carbocycles. The fourth-order valence-corrected chi connectivity index (χ4v) is 6.07. The van der Waals surface area contributed by atoms with Crippen molar-refractivity contribution in [2.45, 2.75) is 44.9 Å². The molecule has 4 aromatic rings. The van der Waals surface area contributed by atoms with Crippen LogP contribution in [0, 0.1) is 54.3 Å². The molecule has 0 saturated heterocycles. The van der Waals surface area contributed by atoms with Gasteiger partial charge in [0.1, 0.15) is 22.6 Å². The maximum atomic E-state index is 12.9. The minimum atomic E-state index is -1.05. The summed E-state index contributed by atoms with van der Waals surface area (Å²) in [5.41, 5.74) is -0.985. The van der Waals surface area contributed by atoms with Gasteiger partial charge in [0.05, 0.1) is 31.8 Å². The average molecular weight is 671 g/mol. The molecule has 0 radical (unpaired) electrons. The smallest absolute Gasteiger partial charge is 0.350 e. The van der Waals surface area contributed by atoms with Crippen LogP contribution < -0.4 is 9.47 Å². The van der Waals surface area contributed by atoms with Crippen LogP contribution in [-0.4, -0.2) is 31.6 Å². The average Bonchev–Trinajstić information content (AvgIpc) is 3.57. The number of rotatable bonds is 10. The van der Waals surface area contributed by atoms with E-state index in [4.69, 9.17) is 9.47 Å². The highest BCUT2D eigenvalue weighted by atomic mass is 16.6. The molecule has 0 bridgehead atoms. The van der Waals surface area contributed by atoms with E-state index in [2.05, 4.69) is 0 Å². The number of esters is 2. The second-order valence-corrected chi connectivity index (χ2v) is 11.5. The van der Waals surface area contributed by atoms with E-state index in [9.17, 15) is 50.0 Å². The topological polar surface area (TPSA) is 225 Å². The molecule has 0 heterocycles. The lowest BCUT2D eigenvalue weighted by Gasteiger charge is -2.31. The van der Waals surface area contributed by atoms with Gasteiger partial charge in [0.2, 0.25) is 0 Å². The van der Waals surface area contributed by atoms with Crippen LogP contribution in [0.15, 0.2) is 72.8 Å². The van der Waals surface area contributed by atoms with Gasteiger partial charge in [-0.05, 0) is 73.2 Å². The highest BCUT2D eigenvalue weighted by molar-refractivity contribution is 5.96. The molecule has 250 valence electrons. The van der Waals surface area contributed by atoms with Crippen molar-refractivity contribution in [3.63, 3.8) is 0 Å². The molecule has 0 N–H and O–H groups in total. The molecular formula is C33H26N4O12. The summed E-state index contributed by atoms with van der Waals surface area (Å²) in [6, 6.07) is 15.8. The SMILES string of the molecule is Cc1cc(C2(c3ccc(OC(=O)c4ccc([N+](=O)[O-])cc4[N+](=O)[O-])c(C)c3)CCCC2)ccc1OC(=O)c1ccc([N+](=O)[O-])cc1[N+](=O)[O-]. The summed E-state index contributed by atoms with van der Waals surface area (Å²) < 4.78 is 11.0. The lowest BCUT2D eigenvalue weighted by molar-refractivity contribution is -0.394. The van der Waals surface area contributed by atoms with Crippen molar-refractivity contribution in [2.75, 3.05) is 0 Å². The molecule has 16 heteroatoms. The van der Waals surface area contributed by atoms with Crippen LogP contribution in [0.4, 0.5) is 22.7 Å². The van der Waals surface area contributed by atoms with Crippen LogP contribution in [-0.2, 0) is 5.41 Å². The number of benzene rings is 4. The van der Waals surface area contributed by atoms with Crippen LogP contribution in [0.1, 0.15) is 68.7 Å². The molecule has 0 unspecified atom stereocenters. The summed E-state index contributed by atoms with van der Waals surface area (Å²) in [6.07, 6.45) is 3.38. The highest BCUT2D eigenvalue weighted by Gasteiger charge is 2.38. The van der Waals surface area contributed by atoms with Gasteiger partial charge in [0.15, 0.2) is 0 Å². The van der Waals surface area contributed by atoms with Gasteiger partial charge in [-0.25, -0.2) is 9.59 Å². The maximum Gasteiger partial charge on any atom is 0.350 e. The quantitative estimate of drug-likeness (QED) is 0.0704. The Morgan fingerprint density at radius 3 is 1.29 bits per heavy atom. The third kappa shape index (κ3) is 6.64. The number of carbonyl (C=O) groups excluding carboxylic acids is 2. The normalized spacial score (nSPS) is 13.3. The lowest BCUT2D eigenvalue weighted by Crippen LogP contribution is -2.24. The van der Waals surface area contributed by atoms with E-state index < -0.39 is 70.9 Å². The summed E-state index contributed by atoms with van der Waals surface area (Å²) in [4.78, 5) is 67.6. The largest absolute Gasteiger partial charge is 0.422 e. The van der Waals surface area contributed by atoms with Crippen LogP contribution in [0.25, 0.3) is 0 Å². The Bertz CT molecular complexity index is 1930. The maximum absolute atomic E-state index is 12.9. The van der Waals surface area contributed by atoms with Crippen LogP contribution >= 0.6 is 0 Å². The van der Waals surface area contributed by atoms with Gasteiger partial charge >= 0.3 is 11.9 Å². The Morgan fingerprint density at radius 1 is 0.571 bits per heavy atom. The molecule has 16 nitrogen and oxygen atoms in total. The van der Waals surface area contributed by atoms with Crippen molar-refractivity contribution in [2.24, 2.45) is 0 Å². The van der Waals surface area contributed by atoms with E-state index in [0.29, 0.717) is 23.3 Å². The number of nitrogens with zero attached hydrogens (tertiary/aromatic N) is 4. The number of hydrogen-bond donors (Lipinski definition) is 0. The van der Waals surface area contributed by atoms with Crippen molar-refractivity contribution >= 4 is 34.7 Å². The summed E-state index contributed by atoms with van der Waals surface area (Å²) in [7, 11) is 0. The Hall–Kier alpha value is -6.58. The lowest BCUT2D eigenvalue weighted by atomic mass is 9.72. The van der Waals surface area contributed by atoms with Gasteiger partial charge < -0.3 is 9.47 Å². The number of ether oxygens (including phenoxy) is 2. The van der Waals surface area contributed by atoms with Crippen molar-refractivity contribution in [3.8, 4) is 11.5 Å². The zero-order valence-corrected chi connectivity index (χ0v) is 25.9. The number of hydrogen-bond acceptors (Lipinski definition) is 12. The highest BCUT2D eigenvalue weighted by Crippen LogP contribution is 2.48. The second-order valence-electron chi connectivity index (χ2n) is 11.5. The Kier molecular flexibility index (Phi) is 9.14. The van der Waals surface area contributed by atoms with Crippen molar-refractivity contribution in [1.29, 1.82) is 0 Å². The number of carbonyl (C=O) groups is 2. The third-order valence-corrected chi connectivity index (χ3v) is 8.53. The molecule has 5 rings (SSSR count). The van der Waals surface area contributed by atoms with Gasteiger partial charge in [-0.1, -0.05) is 37.1 Å². The zero-order valence-electron chi connectivity index (χ0n) is 25.9.